The van der Waals surface area contributed by atoms with E-state index in [1.807, 2.05) is 49.6 Å². The molecule has 168 valence electrons. The predicted molar refractivity (Wildman–Crippen MR) is 121 cm³/mol. The van der Waals surface area contributed by atoms with Crippen LogP contribution < -0.4 is 10.6 Å². The van der Waals surface area contributed by atoms with Gasteiger partial charge in [-0.3, -0.25) is 33.8 Å². The average molecular weight is 445 g/mol. The third kappa shape index (κ3) is 3.45. The molecule has 1 saturated heterocycles. The number of carbonyl (C=O) groups is 4. The summed E-state index contributed by atoms with van der Waals surface area (Å²) in [6.45, 7) is 6.13. The van der Waals surface area contributed by atoms with Gasteiger partial charge in [-0.1, -0.05) is 12.1 Å². The Bertz CT molecular complexity index is 1350. The molecule has 1 atom stereocenters. The van der Waals surface area contributed by atoms with Gasteiger partial charge >= 0.3 is 0 Å². The molecule has 0 radical (unpaired) electrons. The molecule has 4 amide bonds. The van der Waals surface area contributed by atoms with Crippen LogP contribution in [0.25, 0.3) is 16.9 Å². The van der Waals surface area contributed by atoms with Crippen molar-refractivity contribution in [2.45, 2.75) is 45.2 Å². The fraction of sp³-hybridized carbons (Fsp3) is 0.292. The normalized spacial score (nSPS) is 18.6. The largest absolute Gasteiger partial charge is 0.365 e. The number of nitrogens with zero attached hydrogens (tertiary/aromatic N) is 3. The SMILES string of the molecule is CC(C)(C)Nc1c(-c2ccc3c(c2)C(=O)N(C2CCC(=O)NC2=O)C3=O)nc2ccccn12. The molecule has 3 aromatic rings. The van der Waals surface area contributed by atoms with Crippen molar-refractivity contribution in [2.24, 2.45) is 0 Å². The maximum atomic E-state index is 13.2. The fourth-order valence-corrected chi connectivity index (χ4v) is 4.29. The van der Waals surface area contributed by atoms with Crippen LogP contribution in [-0.2, 0) is 9.59 Å². The first-order valence-corrected chi connectivity index (χ1v) is 10.8. The quantitative estimate of drug-likeness (QED) is 0.600. The van der Waals surface area contributed by atoms with Crippen molar-refractivity contribution in [3.8, 4) is 11.3 Å². The number of piperidine rings is 1. The van der Waals surface area contributed by atoms with E-state index in [1.165, 1.54) is 0 Å². The minimum Gasteiger partial charge on any atom is -0.365 e. The molecule has 4 heterocycles. The molecule has 2 aromatic heterocycles. The van der Waals surface area contributed by atoms with Crippen molar-refractivity contribution >= 4 is 35.1 Å². The topological polar surface area (TPSA) is 113 Å². The minimum absolute atomic E-state index is 0.0815. The fourth-order valence-electron chi connectivity index (χ4n) is 4.29. The van der Waals surface area contributed by atoms with E-state index < -0.39 is 29.7 Å². The first kappa shape index (κ1) is 20.9. The van der Waals surface area contributed by atoms with E-state index in [2.05, 4.69) is 10.6 Å². The zero-order chi connectivity index (χ0) is 23.5. The van der Waals surface area contributed by atoms with Crippen molar-refractivity contribution in [3.63, 3.8) is 0 Å². The van der Waals surface area contributed by atoms with Crippen LogP contribution in [0.2, 0.25) is 0 Å². The van der Waals surface area contributed by atoms with Crippen LogP contribution in [0.1, 0.15) is 54.3 Å². The van der Waals surface area contributed by atoms with Crippen molar-refractivity contribution in [1.82, 2.24) is 19.6 Å². The van der Waals surface area contributed by atoms with Crippen molar-refractivity contribution in [1.29, 1.82) is 0 Å². The van der Waals surface area contributed by atoms with Crippen LogP contribution in [0.3, 0.4) is 0 Å². The molecule has 9 nitrogen and oxygen atoms in total. The molecule has 0 saturated carbocycles. The number of imide groups is 2. The van der Waals surface area contributed by atoms with Crippen LogP contribution in [0.15, 0.2) is 42.6 Å². The smallest absolute Gasteiger partial charge is 0.262 e. The Morgan fingerprint density at radius 1 is 1.03 bits per heavy atom. The number of amides is 4. The molecule has 1 aromatic carbocycles. The Morgan fingerprint density at radius 2 is 1.79 bits per heavy atom. The summed E-state index contributed by atoms with van der Waals surface area (Å²) in [7, 11) is 0. The lowest BCUT2D eigenvalue weighted by Gasteiger charge is -2.27. The molecule has 9 heteroatoms. The Balaban J connectivity index is 1.57. The summed E-state index contributed by atoms with van der Waals surface area (Å²) >= 11 is 0. The van der Waals surface area contributed by atoms with Crippen LogP contribution in [0, 0.1) is 0 Å². The van der Waals surface area contributed by atoms with Crippen LogP contribution >= 0.6 is 0 Å². The molecular weight excluding hydrogens is 422 g/mol. The van der Waals surface area contributed by atoms with Gasteiger partial charge in [0.15, 0.2) is 0 Å². The highest BCUT2D eigenvalue weighted by molar-refractivity contribution is 6.23. The molecule has 0 bridgehead atoms. The molecule has 0 aliphatic carbocycles. The third-order valence-electron chi connectivity index (χ3n) is 5.74. The lowest BCUT2D eigenvalue weighted by Crippen LogP contribution is -2.54. The summed E-state index contributed by atoms with van der Waals surface area (Å²) in [5, 5.41) is 5.69. The molecular formula is C24H23N5O4. The molecule has 2 N–H and O–H groups in total. The second-order valence-electron chi connectivity index (χ2n) is 9.32. The van der Waals surface area contributed by atoms with E-state index in [1.54, 1.807) is 18.2 Å². The molecule has 2 aliphatic heterocycles. The highest BCUT2D eigenvalue weighted by Gasteiger charge is 2.44. The predicted octanol–water partition coefficient (Wildman–Crippen LogP) is 2.61. The monoisotopic (exact) mass is 445 g/mol. The number of pyridine rings is 1. The lowest BCUT2D eigenvalue weighted by atomic mass is 10.0. The summed E-state index contributed by atoms with van der Waals surface area (Å²) in [4.78, 5) is 55.7. The summed E-state index contributed by atoms with van der Waals surface area (Å²) in [6.07, 6.45) is 2.11. The van der Waals surface area contributed by atoms with E-state index in [-0.39, 0.29) is 29.5 Å². The van der Waals surface area contributed by atoms with Crippen LogP contribution in [0.4, 0.5) is 5.82 Å². The van der Waals surface area contributed by atoms with Gasteiger partial charge in [0.05, 0.1) is 11.1 Å². The zero-order valence-electron chi connectivity index (χ0n) is 18.5. The van der Waals surface area contributed by atoms with Crippen molar-refractivity contribution < 1.29 is 19.2 Å². The number of nitrogens with one attached hydrogen (secondary N) is 2. The van der Waals surface area contributed by atoms with E-state index in [0.717, 1.165) is 16.4 Å². The lowest BCUT2D eigenvalue weighted by molar-refractivity contribution is -0.136. The van der Waals surface area contributed by atoms with Gasteiger partial charge in [-0.25, -0.2) is 4.98 Å². The average Bonchev–Trinajstić information content (AvgIpc) is 3.23. The van der Waals surface area contributed by atoms with Gasteiger partial charge in [-0.15, -0.1) is 0 Å². The number of hydrogen-bond acceptors (Lipinski definition) is 6. The summed E-state index contributed by atoms with van der Waals surface area (Å²) in [5.74, 6) is -1.32. The Labute approximate surface area is 189 Å². The minimum atomic E-state index is -0.994. The second-order valence-corrected chi connectivity index (χ2v) is 9.32. The van der Waals surface area contributed by atoms with Gasteiger partial charge in [0.25, 0.3) is 11.8 Å². The van der Waals surface area contributed by atoms with Gasteiger partial charge in [0.2, 0.25) is 11.8 Å². The van der Waals surface area contributed by atoms with E-state index >= 15 is 0 Å². The number of anilines is 1. The molecule has 5 rings (SSSR count). The number of aromatic nitrogens is 2. The standard InChI is InChI=1S/C24H23N5O4/c1-24(2,3)27-20-19(25-17-6-4-5-11-28(17)20)13-7-8-14-15(12-13)23(33)29(22(14)32)16-9-10-18(30)26-21(16)31/h4-8,11-12,16,27H,9-10H2,1-3H3,(H,26,30,31). The Kier molecular flexibility index (Phi) is 4.59. The number of rotatable bonds is 3. The summed E-state index contributed by atoms with van der Waals surface area (Å²) in [6, 6.07) is 9.72. The number of fused-ring (bicyclic) bond motifs is 2. The van der Waals surface area contributed by atoms with Gasteiger partial charge in [0, 0.05) is 23.7 Å². The first-order chi connectivity index (χ1) is 15.6. The second kappa shape index (κ2) is 7.26. The van der Waals surface area contributed by atoms with Gasteiger partial charge < -0.3 is 5.32 Å². The number of benzene rings is 1. The Hall–Kier alpha value is -4.01. The van der Waals surface area contributed by atoms with Crippen molar-refractivity contribution in [2.75, 3.05) is 5.32 Å². The number of hydrogen-bond donors (Lipinski definition) is 2. The van der Waals surface area contributed by atoms with Crippen LogP contribution in [0.5, 0.6) is 0 Å². The highest BCUT2D eigenvalue weighted by atomic mass is 16.2. The van der Waals surface area contributed by atoms with Gasteiger partial charge in [0.1, 0.15) is 23.2 Å². The maximum absolute atomic E-state index is 13.2. The zero-order valence-corrected chi connectivity index (χ0v) is 18.5. The highest BCUT2D eigenvalue weighted by Crippen LogP contribution is 2.35. The van der Waals surface area contributed by atoms with Gasteiger partial charge in [-0.05, 0) is 51.5 Å². The third-order valence-corrected chi connectivity index (χ3v) is 5.74. The summed E-state index contributed by atoms with van der Waals surface area (Å²) < 4.78 is 1.94. The van der Waals surface area contributed by atoms with E-state index in [4.69, 9.17) is 4.98 Å². The molecule has 0 spiro atoms. The Morgan fingerprint density at radius 3 is 2.52 bits per heavy atom. The first-order valence-electron chi connectivity index (χ1n) is 10.8. The molecule has 2 aliphatic rings. The molecule has 1 fully saturated rings. The number of carbonyl (C=O) groups excluding carboxylic acids is 4. The van der Waals surface area contributed by atoms with Gasteiger partial charge in [-0.2, -0.15) is 0 Å². The van der Waals surface area contributed by atoms with Crippen molar-refractivity contribution in [3.05, 3.63) is 53.7 Å². The number of imidazole rings is 1. The molecule has 33 heavy (non-hydrogen) atoms. The van der Waals surface area contributed by atoms with E-state index in [9.17, 15) is 19.2 Å². The molecule has 1 unspecified atom stereocenters. The summed E-state index contributed by atoms with van der Waals surface area (Å²) in [5.41, 5.74) is 2.29. The maximum Gasteiger partial charge on any atom is 0.262 e. The van der Waals surface area contributed by atoms with E-state index in [0.29, 0.717) is 11.3 Å². The van der Waals surface area contributed by atoms with Crippen LogP contribution in [-0.4, -0.2) is 49.5 Å².